The Morgan fingerprint density at radius 1 is 1.05 bits per heavy atom. The van der Waals surface area contributed by atoms with Crippen molar-refractivity contribution in [3.8, 4) is 22.8 Å². The zero-order valence-electron chi connectivity index (χ0n) is 9.97. The molecular weight excluding hydrogens is 304 g/mol. The summed E-state index contributed by atoms with van der Waals surface area (Å²) in [5.41, 5.74) is 8.46. The topological polar surface area (TPSA) is 67.6 Å². The second-order valence-electron chi connectivity index (χ2n) is 4.11. The third-order valence-corrected chi connectivity index (χ3v) is 3.28. The van der Waals surface area contributed by atoms with E-state index in [1.807, 2.05) is 48.5 Å². The second kappa shape index (κ2) is 4.85. The molecule has 0 spiro atoms. The molecule has 3 N–H and O–H groups in total. The van der Waals surface area contributed by atoms with Gasteiger partial charge in [0, 0.05) is 21.3 Å². The van der Waals surface area contributed by atoms with E-state index in [1.165, 1.54) is 0 Å². The first-order valence-electron chi connectivity index (χ1n) is 5.77. The first kappa shape index (κ1) is 11.9. The van der Waals surface area contributed by atoms with Gasteiger partial charge in [-0.15, -0.1) is 0 Å². The Bertz CT molecular complexity index is 706. The maximum absolute atomic E-state index is 5.98. The molecule has 94 valence electrons. The van der Waals surface area contributed by atoms with Gasteiger partial charge in [0.1, 0.15) is 0 Å². The van der Waals surface area contributed by atoms with Crippen LogP contribution in [-0.4, -0.2) is 15.2 Å². The van der Waals surface area contributed by atoms with Crippen LogP contribution in [0.4, 0.5) is 5.69 Å². The molecule has 5 heteroatoms. The summed E-state index contributed by atoms with van der Waals surface area (Å²) in [6, 6.07) is 15.5. The number of hydrogen-bond acceptors (Lipinski definition) is 3. The van der Waals surface area contributed by atoms with Crippen molar-refractivity contribution in [1.29, 1.82) is 0 Å². The molecule has 1 heterocycles. The van der Waals surface area contributed by atoms with Crippen molar-refractivity contribution in [2.24, 2.45) is 0 Å². The Hall–Kier alpha value is -2.14. The lowest BCUT2D eigenvalue weighted by molar-refractivity contribution is 1.10. The van der Waals surface area contributed by atoms with Crippen molar-refractivity contribution in [1.82, 2.24) is 15.2 Å². The second-order valence-corrected chi connectivity index (χ2v) is 5.02. The van der Waals surface area contributed by atoms with Crippen molar-refractivity contribution in [3.05, 3.63) is 53.0 Å². The van der Waals surface area contributed by atoms with Gasteiger partial charge in [-0.25, -0.2) is 4.98 Å². The van der Waals surface area contributed by atoms with Crippen molar-refractivity contribution < 1.29 is 0 Å². The Kier molecular flexibility index (Phi) is 3.05. The third kappa shape index (κ3) is 2.37. The van der Waals surface area contributed by atoms with Crippen LogP contribution in [-0.2, 0) is 0 Å². The van der Waals surface area contributed by atoms with E-state index in [2.05, 4.69) is 31.1 Å². The van der Waals surface area contributed by atoms with E-state index in [4.69, 9.17) is 5.73 Å². The highest BCUT2D eigenvalue weighted by Gasteiger charge is 2.10. The summed E-state index contributed by atoms with van der Waals surface area (Å²) in [7, 11) is 0. The summed E-state index contributed by atoms with van der Waals surface area (Å²) >= 11 is 3.38. The molecule has 2 aromatic carbocycles. The number of nitrogens with one attached hydrogen (secondary N) is 1. The molecule has 4 nitrogen and oxygen atoms in total. The summed E-state index contributed by atoms with van der Waals surface area (Å²) < 4.78 is 0.941. The fraction of sp³-hybridized carbons (Fsp3) is 0. The SMILES string of the molecule is Nc1cc(Br)ccc1-c1nc(-c2ccccc2)n[nH]1. The molecule has 3 aromatic rings. The van der Waals surface area contributed by atoms with E-state index < -0.39 is 0 Å². The van der Waals surface area contributed by atoms with Gasteiger partial charge in [-0.05, 0) is 18.2 Å². The van der Waals surface area contributed by atoms with Crippen molar-refractivity contribution in [2.45, 2.75) is 0 Å². The highest BCUT2D eigenvalue weighted by molar-refractivity contribution is 9.10. The molecule has 3 rings (SSSR count). The van der Waals surface area contributed by atoms with Crippen LogP contribution in [0, 0.1) is 0 Å². The predicted octanol–water partition coefficient (Wildman–Crippen LogP) is 3.48. The summed E-state index contributed by atoms with van der Waals surface area (Å²) in [5.74, 6) is 1.33. The van der Waals surface area contributed by atoms with Gasteiger partial charge in [-0.3, -0.25) is 5.10 Å². The molecule has 0 saturated heterocycles. The smallest absolute Gasteiger partial charge is 0.181 e. The molecule has 0 unspecified atom stereocenters. The Balaban J connectivity index is 2.02. The number of nitrogen functional groups attached to an aromatic ring is 1. The van der Waals surface area contributed by atoms with Crippen molar-refractivity contribution in [2.75, 3.05) is 5.73 Å². The van der Waals surface area contributed by atoms with Gasteiger partial charge in [0.05, 0.1) is 0 Å². The molecule has 0 aliphatic rings. The number of halogens is 1. The normalized spacial score (nSPS) is 10.6. The molecular formula is C14H11BrN4. The molecule has 0 aliphatic carbocycles. The fourth-order valence-electron chi connectivity index (χ4n) is 1.85. The quantitative estimate of drug-likeness (QED) is 0.711. The molecule has 0 saturated carbocycles. The lowest BCUT2D eigenvalue weighted by Crippen LogP contribution is -1.91. The highest BCUT2D eigenvalue weighted by atomic mass is 79.9. The van der Waals surface area contributed by atoms with Crippen LogP contribution < -0.4 is 5.73 Å². The maximum atomic E-state index is 5.98. The standard InChI is InChI=1S/C14H11BrN4/c15-10-6-7-11(12(16)8-10)14-17-13(18-19-14)9-4-2-1-3-5-9/h1-8H,16H2,(H,17,18,19). The number of aromatic nitrogens is 3. The molecule has 0 atom stereocenters. The zero-order valence-corrected chi connectivity index (χ0v) is 11.6. The summed E-state index contributed by atoms with van der Waals surface area (Å²) in [6.07, 6.45) is 0. The number of hydrogen-bond donors (Lipinski definition) is 2. The van der Waals surface area contributed by atoms with E-state index in [-0.39, 0.29) is 0 Å². The van der Waals surface area contributed by atoms with Crippen molar-refractivity contribution >= 4 is 21.6 Å². The number of rotatable bonds is 2. The minimum atomic E-state index is 0.658. The van der Waals surface area contributed by atoms with E-state index >= 15 is 0 Å². The van der Waals surface area contributed by atoms with Crippen LogP contribution in [0.25, 0.3) is 22.8 Å². The molecule has 0 bridgehead atoms. The van der Waals surface area contributed by atoms with E-state index in [0.29, 0.717) is 17.3 Å². The van der Waals surface area contributed by atoms with E-state index in [9.17, 15) is 0 Å². The molecule has 19 heavy (non-hydrogen) atoms. The molecule has 0 amide bonds. The van der Waals surface area contributed by atoms with Crippen LogP contribution in [0.5, 0.6) is 0 Å². The van der Waals surface area contributed by atoms with Gasteiger partial charge < -0.3 is 5.73 Å². The Morgan fingerprint density at radius 3 is 2.58 bits per heavy atom. The van der Waals surface area contributed by atoms with Gasteiger partial charge in [-0.1, -0.05) is 46.3 Å². The van der Waals surface area contributed by atoms with Crippen LogP contribution >= 0.6 is 15.9 Å². The number of benzene rings is 2. The number of nitrogens with two attached hydrogens (primary N) is 1. The molecule has 0 fully saturated rings. The lowest BCUT2D eigenvalue weighted by atomic mass is 10.1. The van der Waals surface area contributed by atoms with Gasteiger partial charge in [0.2, 0.25) is 0 Å². The third-order valence-electron chi connectivity index (χ3n) is 2.79. The first-order chi connectivity index (χ1) is 9.24. The average Bonchev–Trinajstić information content (AvgIpc) is 2.89. The van der Waals surface area contributed by atoms with E-state index in [1.54, 1.807) is 0 Å². The van der Waals surface area contributed by atoms with E-state index in [0.717, 1.165) is 15.6 Å². The lowest BCUT2D eigenvalue weighted by Gasteiger charge is -2.01. The Labute approximate surface area is 118 Å². The number of anilines is 1. The number of H-pyrrole nitrogens is 1. The monoisotopic (exact) mass is 314 g/mol. The minimum Gasteiger partial charge on any atom is -0.398 e. The largest absolute Gasteiger partial charge is 0.398 e. The number of aromatic amines is 1. The summed E-state index contributed by atoms with van der Waals surface area (Å²) in [6.45, 7) is 0. The van der Waals surface area contributed by atoms with Gasteiger partial charge >= 0.3 is 0 Å². The summed E-state index contributed by atoms with van der Waals surface area (Å²) in [5, 5.41) is 7.15. The van der Waals surface area contributed by atoms with Gasteiger partial charge in [0.25, 0.3) is 0 Å². The maximum Gasteiger partial charge on any atom is 0.181 e. The average molecular weight is 315 g/mol. The highest BCUT2D eigenvalue weighted by Crippen LogP contribution is 2.27. The summed E-state index contributed by atoms with van der Waals surface area (Å²) in [4.78, 5) is 4.48. The van der Waals surface area contributed by atoms with Crippen molar-refractivity contribution in [3.63, 3.8) is 0 Å². The predicted molar refractivity (Wildman–Crippen MR) is 79.4 cm³/mol. The number of nitrogens with zero attached hydrogens (tertiary/aromatic N) is 2. The van der Waals surface area contributed by atoms with Crippen LogP contribution in [0.1, 0.15) is 0 Å². The Morgan fingerprint density at radius 2 is 1.84 bits per heavy atom. The van der Waals surface area contributed by atoms with Crippen LogP contribution in [0.2, 0.25) is 0 Å². The van der Waals surface area contributed by atoms with Crippen LogP contribution in [0.3, 0.4) is 0 Å². The van der Waals surface area contributed by atoms with Crippen LogP contribution in [0.15, 0.2) is 53.0 Å². The zero-order chi connectivity index (χ0) is 13.2. The van der Waals surface area contributed by atoms with Gasteiger partial charge in [-0.2, -0.15) is 5.10 Å². The fourth-order valence-corrected chi connectivity index (χ4v) is 2.23. The molecule has 1 aromatic heterocycles. The molecule has 0 radical (unpaired) electrons. The minimum absolute atomic E-state index is 0.658. The van der Waals surface area contributed by atoms with Gasteiger partial charge in [0.15, 0.2) is 11.6 Å². The molecule has 0 aliphatic heterocycles. The first-order valence-corrected chi connectivity index (χ1v) is 6.56.